The molecule has 3 heteroatoms. The summed E-state index contributed by atoms with van der Waals surface area (Å²) in [5.41, 5.74) is 0. The Morgan fingerprint density at radius 3 is 3.15 bits per heavy atom. The van der Waals surface area contributed by atoms with E-state index in [2.05, 4.69) is 23.2 Å². The third-order valence-corrected chi connectivity index (χ3v) is 4.15. The van der Waals surface area contributed by atoms with Gasteiger partial charge in [0.15, 0.2) is 0 Å². The first-order chi connectivity index (χ1) is 6.42. The molecule has 1 fully saturated rings. The molecule has 2 unspecified atom stereocenters. The smallest absolute Gasteiger partial charge is 0.110 e. The minimum atomic E-state index is 0.454. The maximum atomic E-state index is 5.60. The summed E-state index contributed by atoms with van der Waals surface area (Å²) in [6, 6.07) is 0.454. The summed E-state index contributed by atoms with van der Waals surface area (Å²) in [4.78, 5) is 0. The van der Waals surface area contributed by atoms with Gasteiger partial charge in [-0.25, -0.2) is 0 Å². The molecule has 0 radical (unpaired) electrons. The van der Waals surface area contributed by atoms with Gasteiger partial charge in [-0.1, -0.05) is 0 Å². The molecule has 13 heavy (non-hydrogen) atoms. The molecule has 2 rings (SSSR count). The average Bonchev–Trinajstić information content (AvgIpc) is 2.76. The largest absolute Gasteiger partial charge is 0.496 e. The molecule has 1 saturated heterocycles. The van der Waals surface area contributed by atoms with Crippen molar-refractivity contribution in [3.05, 3.63) is 11.8 Å². The van der Waals surface area contributed by atoms with Crippen LogP contribution in [0, 0.1) is 0 Å². The molecule has 2 nitrogen and oxygen atoms in total. The molecule has 0 saturated carbocycles. The zero-order valence-corrected chi connectivity index (χ0v) is 8.90. The van der Waals surface area contributed by atoms with E-state index in [1.807, 2.05) is 7.05 Å². The maximum absolute atomic E-state index is 5.60. The highest BCUT2D eigenvalue weighted by Crippen LogP contribution is 2.32. The lowest BCUT2D eigenvalue weighted by molar-refractivity contribution is 0.215. The highest BCUT2D eigenvalue weighted by Gasteiger charge is 2.29. The van der Waals surface area contributed by atoms with Crippen molar-refractivity contribution < 1.29 is 4.74 Å². The number of likely N-dealkylation sites (N-methyl/N-ethyl adjacent to an activating group) is 1. The summed E-state index contributed by atoms with van der Waals surface area (Å²) in [5, 5.41) is 4.10. The van der Waals surface area contributed by atoms with E-state index in [0.29, 0.717) is 6.04 Å². The molecule has 2 aliphatic rings. The van der Waals surface area contributed by atoms with Crippen molar-refractivity contribution in [3.8, 4) is 0 Å². The second-order valence-electron chi connectivity index (χ2n) is 3.56. The molecular weight excluding hydrogens is 182 g/mol. The Labute approximate surface area is 84.1 Å². The molecule has 0 spiro atoms. The van der Waals surface area contributed by atoms with Crippen LogP contribution in [0.4, 0.5) is 0 Å². The molecule has 2 heterocycles. The SMILES string of the molecule is CNC(C1=CCCO1)C1CCCS1. The van der Waals surface area contributed by atoms with Crippen LogP contribution in [0.1, 0.15) is 19.3 Å². The topological polar surface area (TPSA) is 21.3 Å². The number of thioether (sulfide) groups is 1. The minimum absolute atomic E-state index is 0.454. The minimum Gasteiger partial charge on any atom is -0.496 e. The third-order valence-electron chi connectivity index (χ3n) is 2.69. The van der Waals surface area contributed by atoms with Crippen molar-refractivity contribution in [2.24, 2.45) is 0 Å². The van der Waals surface area contributed by atoms with Crippen LogP contribution >= 0.6 is 11.8 Å². The quantitative estimate of drug-likeness (QED) is 0.748. The van der Waals surface area contributed by atoms with Crippen molar-refractivity contribution in [3.63, 3.8) is 0 Å². The predicted molar refractivity (Wildman–Crippen MR) is 57.0 cm³/mol. The van der Waals surface area contributed by atoms with Gasteiger partial charge in [0.25, 0.3) is 0 Å². The van der Waals surface area contributed by atoms with Crippen LogP contribution in [0.25, 0.3) is 0 Å². The predicted octanol–water partition coefficient (Wildman–Crippen LogP) is 1.77. The van der Waals surface area contributed by atoms with Gasteiger partial charge in [0.1, 0.15) is 5.76 Å². The Kier molecular flexibility index (Phi) is 3.17. The fourth-order valence-corrected chi connectivity index (χ4v) is 3.46. The number of ether oxygens (including phenoxy) is 1. The molecule has 0 aliphatic carbocycles. The number of hydrogen-bond donors (Lipinski definition) is 1. The number of rotatable bonds is 3. The molecule has 2 atom stereocenters. The van der Waals surface area contributed by atoms with E-state index in [1.165, 1.54) is 24.4 Å². The van der Waals surface area contributed by atoms with Gasteiger partial charge in [0.05, 0.1) is 12.6 Å². The first kappa shape index (κ1) is 9.41. The average molecular weight is 199 g/mol. The van der Waals surface area contributed by atoms with Gasteiger partial charge in [0, 0.05) is 11.7 Å². The van der Waals surface area contributed by atoms with Crippen molar-refractivity contribution in [2.75, 3.05) is 19.4 Å². The van der Waals surface area contributed by atoms with E-state index in [-0.39, 0.29) is 0 Å². The summed E-state index contributed by atoms with van der Waals surface area (Å²) in [6.45, 7) is 0.880. The maximum Gasteiger partial charge on any atom is 0.110 e. The summed E-state index contributed by atoms with van der Waals surface area (Å²) < 4.78 is 5.60. The van der Waals surface area contributed by atoms with Gasteiger partial charge in [-0.05, 0) is 31.7 Å². The highest BCUT2D eigenvalue weighted by atomic mass is 32.2. The zero-order chi connectivity index (χ0) is 9.10. The first-order valence-corrected chi connectivity index (χ1v) is 6.08. The number of hydrogen-bond acceptors (Lipinski definition) is 3. The standard InChI is InChI=1S/C10H17NOS/c1-11-10(8-4-2-6-12-8)9-5-3-7-13-9/h4,9-11H,2-3,5-7H2,1H3. The Morgan fingerprint density at radius 2 is 2.62 bits per heavy atom. The molecule has 0 aromatic rings. The molecule has 1 N–H and O–H groups in total. The van der Waals surface area contributed by atoms with E-state index in [1.54, 1.807) is 0 Å². The van der Waals surface area contributed by atoms with E-state index < -0.39 is 0 Å². The lowest BCUT2D eigenvalue weighted by Crippen LogP contribution is -2.36. The van der Waals surface area contributed by atoms with E-state index in [0.717, 1.165) is 18.3 Å². The Hall–Kier alpha value is -0.150. The van der Waals surface area contributed by atoms with Crippen LogP contribution in [0.3, 0.4) is 0 Å². The molecular formula is C10H17NOS. The zero-order valence-electron chi connectivity index (χ0n) is 8.08. The second kappa shape index (κ2) is 4.38. The molecule has 0 aromatic carbocycles. The monoisotopic (exact) mass is 199 g/mol. The summed E-state index contributed by atoms with van der Waals surface area (Å²) in [5.74, 6) is 2.50. The highest BCUT2D eigenvalue weighted by molar-refractivity contribution is 8.00. The first-order valence-electron chi connectivity index (χ1n) is 5.03. The van der Waals surface area contributed by atoms with Crippen molar-refractivity contribution in [1.29, 1.82) is 0 Å². The lowest BCUT2D eigenvalue weighted by Gasteiger charge is -2.22. The third kappa shape index (κ3) is 2.02. The van der Waals surface area contributed by atoms with Crippen LogP contribution in [-0.4, -0.2) is 30.7 Å². The van der Waals surface area contributed by atoms with E-state index in [9.17, 15) is 0 Å². The summed E-state index contributed by atoms with van der Waals surface area (Å²) in [7, 11) is 2.03. The molecule has 74 valence electrons. The fourth-order valence-electron chi connectivity index (χ4n) is 2.03. The Balaban J connectivity index is 1.98. The normalized spacial score (nSPS) is 29.9. The van der Waals surface area contributed by atoms with Crippen molar-refractivity contribution in [1.82, 2.24) is 5.32 Å². The fraction of sp³-hybridized carbons (Fsp3) is 0.800. The van der Waals surface area contributed by atoms with E-state index in [4.69, 9.17) is 4.74 Å². The van der Waals surface area contributed by atoms with Crippen LogP contribution < -0.4 is 5.32 Å². The lowest BCUT2D eigenvalue weighted by atomic mass is 10.1. The molecule has 0 bridgehead atoms. The second-order valence-corrected chi connectivity index (χ2v) is 4.91. The van der Waals surface area contributed by atoms with Gasteiger partial charge in [-0.15, -0.1) is 0 Å². The van der Waals surface area contributed by atoms with Crippen LogP contribution in [0.2, 0.25) is 0 Å². The molecule has 2 aliphatic heterocycles. The van der Waals surface area contributed by atoms with Crippen LogP contribution in [0.5, 0.6) is 0 Å². The van der Waals surface area contributed by atoms with Crippen molar-refractivity contribution >= 4 is 11.8 Å². The van der Waals surface area contributed by atoms with E-state index >= 15 is 0 Å². The number of nitrogens with one attached hydrogen (secondary N) is 1. The van der Waals surface area contributed by atoms with Crippen molar-refractivity contribution in [2.45, 2.75) is 30.6 Å². The molecule has 0 aromatic heterocycles. The Bertz CT molecular complexity index is 199. The van der Waals surface area contributed by atoms with Gasteiger partial charge < -0.3 is 10.1 Å². The Morgan fingerprint density at radius 1 is 1.69 bits per heavy atom. The van der Waals surface area contributed by atoms with Gasteiger partial charge in [0.2, 0.25) is 0 Å². The molecule has 0 amide bonds. The van der Waals surface area contributed by atoms with Gasteiger partial charge in [-0.2, -0.15) is 11.8 Å². The summed E-state index contributed by atoms with van der Waals surface area (Å²) in [6.07, 6.45) is 6.02. The summed E-state index contributed by atoms with van der Waals surface area (Å²) >= 11 is 2.08. The van der Waals surface area contributed by atoms with Crippen LogP contribution in [-0.2, 0) is 4.74 Å². The van der Waals surface area contributed by atoms with Gasteiger partial charge >= 0.3 is 0 Å². The van der Waals surface area contributed by atoms with Crippen LogP contribution in [0.15, 0.2) is 11.8 Å². The van der Waals surface area contributed by atoms with Gasteiger partial charge in [-0.3, -0.25) is 0 Å².